The Morgan fingerprint density at radius 1 is 1.23 bits per heavy atom. The molecular weight excluding hydrogens is 304 g/mol. The molecular formula is C15H18N2O4S. The SMILES string of the molecule is COc1ccccc1NC(=O)CN1C(=O)[C@H](C)S[C@H](C)C1=O. The third-order valence-corrected chi connectivity index (χ3v) is 4.54. The topological polar surface area (TPSA) is 75.7 Å². The average molecular weight is 322 g/mol. The van der Waals surface area contributed by atoms with E-state index in [9.17, 15) is 14.4 Å². The lowest BCUT2D eigenvalue weighted by Gasteiger charge is -2.31. The predicted octanol–water partition coefficient (Wildman–Crippen LogP) is 1.51. The number of anilines is 1. The van der Waals surface area contributed by atoms with Crippen LogP contribution < -0.4 is 10.1 Å². The number of carbonyl (C=O) groups excluding carboxylic acids is 3. The van der Waals surface area contributed by atoms with Gasteiger partial charge in [-0.05, 0) is 26.0 Å². The summed E-state index contributed by atoms with van der Waals surface area (Å²) < 4.78 is 5.15. The van der Waals surface area contributed by atoms with Crippen LogP contribution >= 0.6 is 11.8 Å². The van der Waals surface area contributed by atoms with E-state index in [1.807, 2.05) is 0 Å². The standard InChI is InChI=1S/C15H18N2O4S/c1-9-14(19)17(15(20)10(2)22-9)8-13(18)16-11-6-4-5-7-12(11)21-3/h4-7,9-10H,8H2,1-3H3,(H,16,18)/t9-,10+. The van der Waals surface area contributed by atoms with Crippen LogP contribution in [0.25, 0.3) is 0 Å². The van der Waals surface area contributed by atoms with E-state index in [2.05, 4.69) is 5.32 Å². The highest BCUT2D eigenvalue weighted by atomic mass is 32.2. The number of carbonyl (C=O) groups is 3. The molecule has 1 N–H and O–H groups in total. The summed E-state index contributed by atoms with van der Waals surface area (Å²) in [4.78, 5) is 37.3. The van der Waals surface area contributed by atoms with Crippen molar-refractivity contribution in [1.82, 2.24) is 4.90 Å². The van der Waals surface area contributed by atoms with Crippen molar-refractivity contribution in [3.63, 3.8) is 0 Å². The zero-order valence-electron chi connectivity index (χ0n) is 12.7. The highest BCUT2D eigenvalue weighted by molar-refractivity contribution is 8.02. The van der Waals surface area contributed by atoms with E-state index in [0.717, 1.165) is 4.90 Å². The molecule has 0 radical (unpaired) electrons. The number of rotatable bonds is 4. The first kappa shape index (κ1) is 16.4. The van der Waals surface area contributed by atoms with Gasteiger partial charge in [-0.2, -0.15) is 0 Å². The van der Waals surface area contributed by atoms with Gasteiger partial charge >= 0.3 is 0 Å². The van der Waals surface area contributed by atoms with E-state index < -0.39 is 5.91 Å². The summed E-state index contributed by atoms with van der Waals surface area (Å²) in [5, 5.41) is 2.01. The van der Waals surface area contributed by atoms with Gasteiger partial charge in [0.1, 0.15) is 12.3 Å². The minimum absolute atomic E-state index is 0.287. The lowest BCUT2D eigenvalue weighted by atomic mass is 10.2. The summed E-state index contributed by atoms with van der Waals surface area (Å²) in [5.74, 6) is -0.575. The Bertz CT molecular complexity index is 585. The number of ether oxygens (including phenoxy) is 1. The maximum atomic E-state index is 12.1. The Balaban J connectivity index is 2.07. The number of hydrogen-bond donors (Lipinski definition) is 1. The summed E-state index contributed by atoms with van der Waals surface area (Å²) >= 11 is 1.31. The molecule has 6 nitrogen and oxygen atoms in total. The van der Waals surface area contributed by atoms with Crippen LogP contribution in [0.2, 0.25) is 0 Å². The van der Waals surface area contributed by atoms with Crippen LogP contribution in [0.15, 0.2) is 24.3 Å². The highest BCUT2D eigenvalue weighted by Gasteiger charge is 2.38. The second kappa shape index (κ2) is 6.83. The third-order valence-electron chi connectivity index (χ3n) is 3.32. The van der Waals surface area contributed by atoms with Crippen LogP contribution in [0.1, 0.15) is 13.8 Å². The van der Waals surface area contributed by atoms with Crippen LogP contribution in [0, 0.1) is 0 Å². The van der Waals surface area contributed by atoms with Gasteiger partial charge in [-0.15, -0.1) is 11.8 Å². The Labute approximate surface area is 133 Å². The first-order valence-corrected chi connectivity index (χ1v) is 7.82. The molecule has 1 aliphatic rings. The Kier molecular flexibility index (Phi) is 5.07. The number of nitrogens with zero attached hydrogens (tertiary/aromatic N) is 1. The third kappa shape index (κ3) is 3.41. The molecule has 1 aliphatic heterocycles. The highest BCUT2D eigenvalue weighted by Crippen LogP contribution is 2.27. The largest absolute Gasteiger partial charge is 0.495 e. The van der Waals surface area contributed by atoms with E-state index in [0.29, 0.717) is 11.4 Å². The number of para-hydroxylation sites is 2. The molecule has 0 aliphatic carbocycles. The van der Waals surface area contributed by atoms with Crippen molar-refractivity contribution in [3.8, 4) is 5.75 Å². The van der Waals surface area contributed by atoms with Gasteiger partial charge in [-0.25, -0.2) is 0 Å². The molecule has 1 saturated heterocycles. The molecule has 3 amide bonds. The van der Waals surface area contributed by atoms with Gasteiger partial charge in [0.05, 0.1) is 23.3 Å². The number of thioether (sulfide) groups is 1. The molecule has 1 fully saturated rings. The van der Waals surface area contributed by atoms with E-state index in [1.54, 1.807) is 38.1 Å². The fourth-order valence-electron chi connectivity index (χ4n) is 2.21. The van der Waals surface area contributed by atoms with Gasteiger partial charge < -0.3 is 10.1 Å². The molecule has 0 saturated carbocycles. The van der Waals surface area contributed by atoms with Crippen LogP contribution in [0.3, 0.4) is 0 Å². The molecule has 0 aromatic heterocycles. The van der Waals surface area contributed by atoms with Gasteiger partial charge in [0.25, 0.3) is 0 Å². The van der Waals surface area contributed by atoms with Crippen LogP contribution in [0.5, 0.6) is 5.75 Å². The first-order chi connectivity index (χ1) is 10.4. The quantitative estimate of drug-likeness (QED) is 0.851. The second-order valence-electron chi connectivity index (χ2n) is 4.93. The van der Waals surface area contributed by atoms with Crippen molar-refractivity contribution < 1.29 is 19.1 Å². The second-order valence-corrected chi connectivity index (χ2v) is 6.62. The summed E-state index contributed by atoms with van der Waals surface area (Å²) in [5.41, 5.74) is 0.502. The number of nitrogens with one attached hydrogen (secondary N) is 1. The summed E-state index contributed by atoms with van der Waals surface area (Å²) in [6.45, 7) is 3.19. The van der Waals surface area contributed by atoms with Crippen LogP contribution in [-0.4, -0.2) is 46.8 Å². The molecule has 2 atom stereocenters. The number of amides is 3. The molecule has 1 aromatic rings. The molecule has 7 heteroatoms. The fourth-order valence-corrected chi connectivity index (χ4v) is 3.31. The fraction of sp³-hybridized carbons (Fsp3) is 0.400. The molecule has 1 aromatic carbocycles. The van der Waals surface area contributed by atoms with Gasteiger partial charge in [0.2, 0.25) is 17.7 Å². The van der Waals surface area contributed by atoms with Crippen molar-refractivity contribution >= 4 is 35.2 Å². The number of imide groups is 1. The monoisotopic (exact) mass is 322 g/mol. The van der Waals surface area contributed by atoms with Gasteiger partial charge in [-0.3, -0.25) is 19.3 Å². The van der Waals surface area contributed by atoms with Gasteiger partial charge in [0, 0.05) is 0 Å². The molecule has 0 unspecified atom stereocenters. The zero-order chi connectivity index (χ0) is 16.3. The minimum Gasteiger partial charge on any atom is -0.495 e. The van der Waals surface area contributed by atoms with Crippen molar-refractivity contribution in [1.29, 1.82) is 0 Å². The zero-order valence-corrected chi connectivity index (χ0v) is 13.5. The molecule has 2 rings (SSSR count). The van der Waals surface area contributed by atoms with Crippen molar-refractivity contribution in [3.05, 3.63) is 24.3 Å². The number of benzene rings is 1. The first-order valence-electron chi connectivity index (χ1n) is 6.87. The van der Waals surface area contributed by atoms with Gasteiger partial charge in [0.15, 0.2) is 0 Å². The van der Waals surface area contributed by atoms with Crippen LogP contribution in [-0.2, 0) is 14.4 Å². The molecule has 0 spiro atoms. The maximum Gasteiger partial charge on any atom is 0.244 e. The van der Waals surface area contributed by atoms with E-state index in [1.165, 1.54) is 18.9 Å². The Hall–Kier alpha value is -2.02. The maximum absolute atomic E-state index is 12.1. The molecule has 22 heavy (non-hydrogen) atoms. The molecule has 0 bridgehead atoms. The van der Waals surface area contributed by atoms with E-state index >= 15 is 0 Å². The number of methoxy groups -OCH3 is 1. The number of hydrogen-bond acceptors (Lipinski definition) is 5. The summed E-state index contributed by atoms with van der Waals surface area (Å²) in [6, 6.07) is 6.95. The molecule has 118 valence electrons. The van der Waals surface area contributed by atoms with E-state index in [-0.39, 0.29) is 28.9 Å². The molecule has 1 heterocycles. The summed E-state index contributed by atoms with van der Waals surface area (Å²) in [7, 11) is 1.50. The Morgan fingerprint density at radius 3 is 2.41 bits per heavy atom. The Morgan fingerprint density at radius 2 is 1.82 bits per heavy atom. The lowest BCUT2D eigenvalue weighted by molar-refractivity contribution is -0.147. The smallest absolute Gasteiger partial charge is 0.244 e. The average Bonchev–Trinajstić information content (AvgIpc) is 2.50. The van der Waals surface area contributed by atoms with Crippen molar-refractivity contribution in [2.24, 2.45) is 0 Å². The van der Waals surface area contributed by atoms with Crippen LogP contribution in [0.4, 0.5) is 5.69 Å². The van der Waals surface area contributed by atoms with Gasteiger partial charge in [-0.1, -0.05) is 12.1 Å². The summed E-state index contributed by atoms with van der Waals surface area (Å²) in [6.07, 6.45) is 0. The van der Waals surface area contributed by atoms with Crippen molar-refractivity contribution in [2.45, 2.75) is 24.3 Å². The minimum atomic E-state index is -0.433. The predicted molar refractivity (Wildman–Crippen MR) is 84.9 cm³/mol. The van der Waals surface area contributed by atoms with E-state index in [4.69, 9.17) is 4.74 Å². The van der Waals surface area contributed by atoms with Crippen molar-refractivity contribution in [2.75, 3.05) is 19.0 Å². The normalized spacial score (nSPS) is 21.7. The lowest BCUT2D eigenvalue weighted by Crippen LogP contribution is -2.52.